The highest BCUT2D eigenvalue weighted by Crippen LogP contribution is 2.34. The molecule has 0 amide bonds. The Morgan fingerprint density at radius 1 is 1.21 bits per heavy atom. The zero-order valence-corrected chi connectivity index (χ0v) is 16.8. The van der Waals surface area contributed by atoms with Gasteiger partial charge in [-0.25, -0.2) is 14.5 Å². The van der Waals surface area contributed by atoms with E-state index >= 15 is 0 Å². The van der Waals surface area contributed by atoms with Gasteiger partial charge in [0.25, 0.3) is 0 Å². The number of aromatic nitrogens is 4. The van der Waals surface area contributed by atoms with Gasteiger partial charge >= 0.3 is 5.97 Å². The van der Waals surface area contributed by atoms with Crippen LogP contribution in [0.2, 0.25) is 0 Å². The molecule has 0 aliphatic heterocycles. The third-order valence-electron chi connectivity index (χ3n) is 3.85. The molecule has 7 nitrogen and oxygen atoms in total. The Bertz CT molecular complexity index is 1120. The van der Waals surface area contributed by atoms with Crippen LogP contribution < -0.4 is 4.74 Å². The standard InChI is InChI=1S/C19H16N4O3S2/c1-3-27-19-21-16-13(11-20-23(16)12-7-5-4-6-8-12)17(22-19)26-14-9-10-28-15(14)18(24)25-2/h4-11H,3H2,1-2H3. The molecule has 4 rings (SSSR count). The first kappa shape index (κ1) is 18.5. The second-order valence-electron chi connectivity index (χ2n) is 5.58. The average Bonchev–Trinajstić information content (AvgIpc) is 3.35. The van der Waals surface area contributed by atoms with Crippen LogP contribution in [0.1, 0.15) is 16.6 Å². The van der Waals surface area contributed by atoms with Crippen molar-refractivity contribution in [1.82, 2.24) is 19.7 Å². The minimum atomic E-state index is -0.446. The van der Waals surface area contributed by atoms with Crippen molar-refractivity contribution in [3.05, 3.63) is 52.9 Å². The number of hydrogen-bond acceptors (Lipinski definition) is 8. The highest BCUT2D eigenvalue weighted by Gasteiger charge is 2.20. The van der Waals surface area contributed by atoms with E-state index in [1.807, 2.05) is 37.3 Å². The Morgan fingerprint density at radius 2 is 2.04 bits per heavy atom. The van der Waals surface area contributed by atoms with Crippen molar-refractivity contribution < 1.29 is 14.3 Å². The Labute approximate surface area is 169 Å². The summed E-state index contributed by atoms with van der Waals surface area (Å²) in [7, 11) is 1.34. The SMILES string of the molecule is CCSc1nc(Oc2ccsc2C(=O)OC)c2cnn(-c3ccccc3)c2n1. The van der Waals surface area contributed by atoms with Crippen molar-refractivity contribution in [2.45, 2.75) is 12.1 Å². The molecule has 3 heterocycles. The molecule has 4 aromatic rings. The van der Waals surface area contributed by atoms with Crippen molar-refractivity contribution in [2.24, 2.45) is 0 Å². The van der Waals surface area contributed by atoms with Crippen LogP contribution in [-0.4, -0.2) is 38.6 Å². The van der Waals surface area contributed by atoms with Crippen molar-refractivity contribution in [3.8, 4) is 17.3 Å². The molecular weight excluding hydrogens is 396 g/mol. The highest BCUT2D eigenvalue weighted by molar-refractivity contribution is 7.99. The van der Waals surface area contributed by atoms with Crippen LogP contribution in [-0.2, 0) is 4.74 Å². The number of methoxy groups -OCH3 is 1. The van der Waals surface area contributed by atoms with Gasteiger partial charge in [0, 0.05) is 0 Å². The van der Waals surface area contributed by atoms with E-state index in [0.717, 1.165) is 11.4 Å². The van der Waals surface area contributed by atoms with E-state index in [-0.39, 0.29) is 0 Å². The summed E-state index contributed by atoms with van der Waals surface area (Å²) in [5.74, 6) is 1.12. The van der Waals surface area contributed by atoms with Crippen LogP contribution in [0.15, 0.2) is 53.1 Å². The lowest BCUT2D eigenvalue weighted by Gasteiger charge is -2.09. The lowest BCUT2D eigenvalue weighted by atomic mass is 10.3. The molecule has 0 spiro atoms. The van der Waals surface area contributed by atoms with Crippen LogP contribution in [0, 0.1) is 0 Å². The summed E-state index contributed by atoms with van der Waals surface area (Å²) in [5, 5.41) is 7.48. The monoisotopic (exact) mass is 412 g/mol. The Balaban J connectivity index is 1.83. The van der Waals surface area contributed by atoms with Crippen LogP contribution in [0.4, 0.5) is 0 Å². The zero-order valence-electron chi connectivity index (χ0n) is 15.2. The van der Waals surface area contributed by atoms with E-state index in [4.69, 9.17) is 9.47 Å². The fourth-order valence-corrected chi connectivity index (χ4v) is 3.91. The minimum Gasteiger partial charge on any atom is -0.465 e. The summed E-state index contributed by atoms with van der Waals surface area (Å²) in [4.78, 5) is 21.5. The number of nitrogens with zero attached hydrogens (tertiary/aromatic N) is 4. The Hall–Kier alpha value is -2.91. The molecule has 0 N–H and O–H groups in total. The summed E-state index contributed by atoms with van der Waals surface area (Å²) in [6.45, 7) is 2.03. The molecule has 3 aromatic heterocycles. The molecule has 0 aliphatic carbocycles. The van der Waals surface area contributed by atoms with Gasteiger partial charge in [-0.15, -0.1) is 11.3 Å². The second kappa shape index (κ2) is 7.99. The van der Waals surface area contributed by atoms with Crippen LogP contribution >= 0.6 is 23.1 Å². The largest absolute Gasteiger partial charge is 0.465 e. The first-order valence-electron chi connectivity index (χ1n) is 8.49. The first-order chi connectivity index (χ1) is 13.7. The summed E-state index contributed by atoms with van der Waals surface area (Å²) >= 11 is 2.76. The van der Waals surface area contributed by atoms with Crippen molar-refractivity contribution >= 4 is 40.1 Å². The van der Waals surface area contributed by atoms with Crippen molar-refractivity contribution in [1.29, 1.82) is 0 Å². The maximum Gasteiger partial charge on any atom is 0.351 e. The van der Waals surface area contributed by atoms with Crippen molar-refractivity contribution in [3.63, 3.8) is 0 Å². The lowest BCUT2D eigenvalue weighted by Crippen LogP contribution is -2.02. The molecule has 0 aliphatic rings. The maximum absolute atomic E-state index is 12.0. The molecule has 0 unspecified atom stereocenters. The summed E-state index contributed by atoms with van der Waals surface area (Å²) < 4.78 is 12.6. The summed E-state index contributed by atoms with van der Waals surface area (Å²) in [6, 6.07) is 11.5. The summed E-state index contributed by atoms with van der Waals surface area (Å²) in [5.41, 5.74) is 1.53. The summed E-state index contributed by atoms with van der Waals surface area (Å²) in [6.07, 6.45) is 1.67. The fourth-order valence-electron chi connectivity index (χ4n) is 2.62. The van der Waals surface area contributed by atoms with E-state index in [0.29, 0.717) is 32.7 Å². The molecule has 0 radical (unpaired) electrons. The molecule has 0 bridgehead atoms. The topological polar surface area (TPSA) is 79.1 Å². The first-order valence-corrected chi connectivity index (χ1v) is 10.4. The number of fused-ring (bicyclic) bond motifs is 1. The molecule has 0 fully saturated rings. The van der Waals surface area contributed by atoms with Crippen LogP contribution in [0.5, 0.6) is 11.6 Å². The van der Waals surface area contributed by atoms with Gasteiger partial charge in [-0.2, -0.15) is 10.1 Å². The number of thioether (sulfide) groups is 1. The Kier molecular flexibility index (Phi) is 5.27. The fraction of sp³-hybridized carbons (Fsp3) is 0.158. The van der Waals surface area contributed by atoms with Crippen molar-refractivity contribution in [2.75, 3.05) is 12.9 Å². The zero-order chi connectivity index (χ0) is 19.5. The third-order valence-corrected chi connectivity index (χ3v) is 5.46. The van der Waals surface area contributed by atoms with Gasteiger partial charge in [0.2, 0.25) is 5.88 Å². The van der Waals surface area contributed by atoms with E-state index in [1.165, 1.54) is 30.2 Å². The second-order valence-corrected chi connectivity index (χ2v) is 7.73. The molecular formula is C19H16N4O3S2. The third kappa shape index (κ3) is 3.46. The van der Waals surface area contributed by atoms with Crippen LogP contribution in [0.25, 0.3) is 16.7 Å². The number of esters is 1. The average molecular weight is 412 g/mol. The van der Waals surface area contributed by atoms with Crippen LogP contribution in [0.3, 0.4) is 0 Å². The number of carbonyl (C=O) groups excluding carboxylic acids is 1. The molecule has 1 aromatic carbocycles. The predicted molar refractivity (Wildman–Crippen MR) is 109 cm³/mol. The molecule has 9 heteroatoms. The molecule has 0 atom stereocenters. The number of ether oxygens (including phenoxy) is 2. The number of para-hydroxylation sites is 1. The number of carbonyl (C=O) groups is 1. The highest BCUT2D eigenvalue weighted by atomic mass is 32.2. The molecule has 142 valence electrons. The van der Waals surface area contributed by atoms with Gasteiger partial charge in [-0.05, 0) is 29.3 Å². The quantitative estimate of drug-likeness (QED) is 0.261. The number of thiophene rings is 1. The molecule has 0 saturated carbocycles. The van der Waals surface area contributed by atoms with Gasteiger partial charge in [-0.1, -0.05) is 36.9 Å². The number of rotatable bonds is 6. The van der Waals surface area contributed by atoms with Gasteiger partial charge < -0.3 is 9.47 Å². The lowest BCUT2D eigenvalue weighted by molar-refractivity contribution is 0.0603. The van der Waals surface area contributed by atoms with E-state index in [9.17, 15) is 4.79 Å². The smallest absolute Gasteiger partial charge is 0.351 e. The van der Waals surface area contributed by atoms with Gasteiger partial charge in [0.15, 0.2) is 21.4 Å². The normalized spacial score (nSPS) is 10.9. The van der Waals surface area contributed by atoms with Gasteiger partial charge in [-0.3, -0.25) is 0 Å². The Morgan fingerprint density at radius 3 is 2.79 bits per heavy atom. The number of hydrogen-bond donors (Lipinski definition) is 0. The van der Waals surface area contributed by atoms with E-state index in [1.54, 1.807) is 22.3 Å². The minimum absolute atomic E-state index is 0.353. The van der Waals surface area contributed by atoms with E-state index < -0.39 is 5.97 Å². The predicted octanol–water partition coefficient (Wildman–Crippen LogP) is 4.57. The molecule has 0 saturated heterocycles. The maximum atomic E-state index is 12.0. The molecule has 28 heavy (non-hydrogen) atoms. The van der Waals surface area contributed by atoms with Gasteiger partial charge in [0.05, 0.1) is 19.0 Å². The number of benzene rings is 1. The van der Waals surface area contributed by atoms with E-state index in [2.05, 4.69) is 15.1 Å². The van der Waals surface area contributed by atoms with Gasteiger partial charge in [0.1, 0.15) is 5.39 Å².